The molecule has 3 atom stereocenters. The number of rotatable bonds is 9. The van der Waals surface area contributed by atoms with Crippen LogP contribution in [0.15, 0.2) is 30.3 Å². The first-order chi connectivity index (χ1) is 23.0. The minimum atomic E-state index is -0.851. The molecule has 2 aliphatic rings. The van der Waals surface area contributed by atoms with Gasteiger partial charge in [0.15, 0.2) is 6.79 Å². The van der Waals surface area contributed by atoms with Crippen LogP contribution in [0.25, 0.3) is 0 Å². The van der Waals surface area contributed by atoms with Crippen molar-refractivity contribution in [3.05, 3.63) is 68.2 Å². The number of carbonyl (C=O) groups excluding carboxylic acids is 3. The summed E-state index contributed by atoms with van der Waals surface area (Å²) in [6.07, 6.45) is 2.96. The molecule has 1 aliphatic carbocycles. The number of ether oxygens (including phenoxy) is 3. The maximum Gasteiger partial charge on any atom is 0.407 e. The maximum atomic E-state index is 14.5. The van der Waals surface area contributed by atoms with Crippen molar-refractivity contribution in [2.45, 2.75) is 104 Å². The fourth-order valence-corrected chi connectivity index (χ4v) is 8.29. The summed E-state index contributed by atoms with van der Waals surface area (Å²) >= 11 is 14.0. The van der Waals surface area contributed by atoms with E-state index in [0.717, 1.165) is 35.1 Å². The van der Waals surface area contributed by atoms with Crippen molar-refractivity contribution in [3.8, 4) is 11.8 Å². The van der Waals surface area contributed by atoms with Gasteiger partial charge in [-0.05, 0) is 93.2 Å². The zero-order valence-corrected chi connectivity index (χ0v) is 31.6. The Morgan fingerprint density at radius 1 is 1.12 bits per heavy atom. The van der Waals surface area contributed by atoms with Crippen molar-refractivity contribution < 1.29 is 28.6 Å². The number of amides is 2. The molecule has 0 bridgehead atoms. The lowest BCUT2D eigenvalue weighted by atomic mass is 9.53. The zero-order chi connectivity index (χ0) is 36.1. The van der Waals surface area contributed by atoms with Crippen LogP contribution < -0.4 is 5.32 Å². The Morgan fingerprint density at radius 2 is 1.82 bits per heavy atom. The standard InChI is InChI=1S/C39H50Cl2N2O6/c1-25(2)31-29(40)21-28-32(33(31)41)34(44)43(23-30-38(28,6)18-12-19-39(30,7)35(45)48-24-47-8)20-11-9-10-13-26-14-16-27(17-15-26)22-42-36(46)49-37(3,4)5/h14-17,21,25,30H,9,11-12,18-20,22-24H2,1-8H3,(H,42,46)/t30-,38-,39-/m1/s1. The molecule has 1 aliphatic heterocycles. The number of fused-ring (bicyclic) bond motifs is 3. The van der Waals surface area contributed by atoms with Crippen LogP contribution in [0.2, 0.25) is 10.0 Å². The second kappa shape index (κ2) is 15.7. The van der Waals surface area contributed by atoms with Gasteiger partial charge in [0.25, 0.3) is 5.91 Å². The Kier molecular flexibility index (Phi) is 12.4. The molecular formula is C39H50Cl2N2O6. The third kappa shape index (κ3) is 8.74. The van der Waals surface area contributed by atoms with Crippen molar-refractivity contribution in [2.75, 3.05) is 27.0 Å². The first-order valence-electron chi connectivity index (χ1n) is 17.0. The molecule has 49 heavy (non-hydrogen) atoms. The highest BCUT2D eigenvalue weighted by atomic mass is 35.5. The van der Waals surface area contributed by atoms with E-state index >= 15 is 0 Å². The van der Waals surface area contributed by atoms with Crippen molar-refractivity contribution in [1.82, 2.24) is 10.2 Å². The fraction of sp³-hybridized carbons (Fsp3) is 0.564. The van der Waals surface area contributed by atoms with Crippen molar-refractivity contribution in [1.29, 1.82) is 0 Å². The van der Waals surface area contributed by atoms with Gasteiger partial charge in [-0.1, -0.05) is 74.4 Å². The Bertz CT molecular complexity index is 1610. The summed E-state index contributed by atoms with van der Waals surface area (Å²) < 4.78 is 15.9. The van der Waals surface area contributed by atoms with Gasteiger partial charge in [0.05, 0.1) is 16.0 Å². The lowest BCUT2D eigenvalue weighted by molar-refractivity contribution is -0.174. The van der Waals surface area contributed by atoms with E-state index in [-0.39, 0.29) is 30.5 Å². The van der Waals surface area contributed by atoms with Crippen LogP contribution >= 0.6 is 23.2 Å². The van der Waals surface area contributed by atoms with Gasteiger partial charge in [0, 0.05) is 49.7 Å². The van der Waals surface area contributed by atoms with Gasteiger partial charge < -0.3 is 24.4 Å². The molecule has 10 heteroatoms. The molecule has 2 aromatic rings. The number of nitrogens with zero attached hydrogens (tertiary/aromatic N) is 1. The summed E-state index contributed by atoms with van der Waals surface area (Å²) in [5, 5.41) is 3.69. The summed E-state index contributed by atoms with van der Waals surface area (Å²) in [7, 11) is 1.49. The Balaban J connectivity index is 1.54. The fourth-order valence-electron chi connectivity index (χ4n) is 7.32. The van der Waals surface area contributed by atoms with Crippen molar-refractivity contribution in [3.63, 3.8) is 0 Å². The molecule has 1 N–H and O–H groups in total. The van der Waals surface area contributed by atoms with Crippen LogP contribution in [0.4, 0.5) is 4.79 Å². The molecule has 0 unspecified atom stereocenters. The molecule has 1 heterocycles. The average Bonchev–Trinajstić information content (AvgIpc) is 3.11. The highest BCUT2D eigenvalue weighted by Crippen LogP contribution is 2.57. The molecule has 2 aromatic carbocycles. The number of halogens is 2. The van der Waals surface area contributed by atoms with Gasteiger partial charge in [-0.3, -0.25) is 9.59 Å². The molecule has 266 valence electrons. The van der Waals surface area contributed by atoms with Crippen molar-refractivity contribution in [2.24, 2.45) is 11.3 Å². The highest BCUT2D eigenvalue weighted by molar-refractivity contribution is 6.38. The Labute approximate surface area is 301 Å². The van der Waals surface area contributed by atoms with Gasteiger partial charge in [-0.15, -0.1) is 0 Å². The molecule has 0 spiro atoms. The number of esters is 1. The Morgan fingerprint density at radius 3 is 2.45 bits per heavy atom. The van der Waals surface area contributed by atoms with Crippen LogP contribution in [-0.2, 0) is 31.0 Å². The molecule has 1 fully saturated rings. The molecule has 0 aromatic heterocycles. The first kappa shape index (κ1) is 38.6. The lowest BCUT2D eigenvalue weighted by Gasteiger charge is -2.51. The first-order valence-corrected chi connectivity index (χ1v) is 17.8. The topological polar surface area (TPSA) is 94.2 Å². The number of hydrogen-bond donors (Lipinski definition) is 1. The number of hydrogen-bond acceptors (Lipinski definition) is 6. The minimum Gasteiger partial charge on any atom is -0.444 e. The number of benzene rings is 2. The van der Waals surface area contributed by atoms with Crippen molar-refractivity contribution >= 4 is 41.2 Å². The van der Waals surface area contributed by atoms with E-state index in [4.69, 9.17) is 37.4 Å². The van der Waals surface area contributed by atoms with Gasteiger partial charge in [-0.25, -0.2) is 4.79 Å². The smallest absolute Gasteiger partial charge is 0.407 e. The maximum absolute atomic E-state index is 14.5. The monoisotopic (exact) mass is 712 g/mol. The van der Waals surface area contributed by atoms with Gasteiger partial charge in [0.2, 0.25) is 0 Å². The average molecular weight is 714 g/mol. The quantitative estimate of drug-likeness (QED) is 0.121. The molecule has 0 radical (unpaired) electrons. The number of methoxy groups -OCH3 is 1. The number of unbranched alkanes of at least 4 members (excludes halogenated alkanes) is 1. The van der Waals surface area contributed by atoms with Crippen LogP contribution in [-0.4, -0.2) is 55.5 Å². The van der Waals surface area contributed by atoms with E-state index < -0.39 is 22.5 Å². The third-order valence-corrected chi connectivity index (χ3v) is 10.5. The van der Waals surface area contributed by atoms with Crippen LogP contribution in [0, 0.1) is 23.2 Å². The molecular weight excluding hydrogens is 663 g/mol. The van der Waals surface area contributed by atoms with E-state index in [1.807, 2.05) is 76.8 Å². The summed E-state index contributed by atoms with van der Waals surface area (Å²) in [5.41, 5.74) is 1.89. The van der Waals surface area contributed by atoms with E-state index in [1.165, 1.54) is 7.11 Å². The zero-order valence-electron chi connectivity index (χ0n) is 30.1. The van der Waals surface area contributed by atoms with Crippen LogP contribution in [0.3, 0.4) is 0 Å². The summed E-state index contributed by atoms with van der Waals surface area (Å²) in [4.78, 5) is 41.9. The predicted molar refractivity (Wildman–Crippen MR) is 193 cm³/mol. The van der Waals surface area contributed by atoms with Gasteiger partial charge >= 0.3 is 12.1 Å². The minimum absolute atomic E-state index is 0.0182. The molecule has 8 nitrogen and oxygen atoms in total. The largest absolute Gasteiger partial charge is 0.444 e. The molecule has 1 saturated carbocycles. The van der Waals surface area contributed by atoms with Crippen LogP contribution in [0.1, 0.15) is 119 Å². The number of alkyl carbamates (subject to hydrolysis) is 1. The summed E-state index contributed by atoms with van der Waals surface area (Å²) in [5.74, 6) is 5.75. The normalized spacial score (nSPS) is 22.0. The number of carbonyl (C=O) groups is 3. The van der Waals surface area contributed by atoms with E-state index in [1.54, 1.807) is 0 Å². The van der Waals surface area contributed by atoms with Gasteiger partial charge in [-0.2, -0.15) is 0 Å². The van der Waals surface area contributed by atoms with E-state index in [2.05, 4.69) is 24.1 Å². The molecule has 0 saturated heterocycles. The van der Waals surface area contributed by atoms with E-state index in [0.29, 0.717) is 54.5 Å². The van der Waals surface area contributed by atoms with Gasteiger partial charge in [0.1, 0.15) is 5.60 Å². The van der Waals surface area contributed by atoms with E-state index in [9.17, 15) is 14.4 Å². The third-order valence-electron chi connectivity index (χ3n) is 9.81. The molecule has 2 amide bonds. The summed E-state index contributed by atoms with van der Waals surface area (Å²) in [6, 6.07) is 9.60. The predicted octanol–water partition coefficient (Wildman–Crippen LogP) is 8.64. The van der Waals surface area contributed by atoms with Crippen LogP contribution in [0.5, 0.6) is 0 Å². The second-order valence-electron chi connectivity index (χ2n) is 15.0. The SMILES string of the molecule is COCOC(=O)[C@]1(C)CCC[C@]2(C)c3cc(Cl)c(C(C)C)c(Cl)c3C(=O)N(CCCC#Cc3ccc(CNC(=O)OC(C)(C)C)cc3)C[C@@H]12. The summed E-state index contributed by atoms with van der Waals surface area (Å²) in [6.45, 7) is 14.6. The lowest BCUT2D eigenvalue weighted by Crippen LogP contribution is -2.54. The number of nitrogens with one attached hydrogen (secondary N) is 1. The second-order valence-corrected chi connectivity index (χ2v) is 15.7. The Hall–Kier alpha value is -3.25. The molecule has 4 rings (SSSR count). The highest BCUT2D eigenvalue weighted by Gasteiger charge is 2.57.